The molecule has 4 nitrogen and oxygen atoms in total. The molecule has 4 heteroatoms. The molecule has 0 fully saturated rings. The third-order valence-corrected chi connectivity index (χ3v) is 15.2. The SMILES string of the molecule is c1ccc(-c2ccc(-c3cc(-c4cccc(-c5cc(-n6c7ccccc7c7ccccc76)cc(-n6c7ccccc7c7ccccc76)c5)c4)nc(-c4cccc(-n5c6ccccc6c6ccccc65)c4)c3)cc2)cc1. The van der Waals surface area contributed by atoms with Crippen molar-refractivity contribution in [2.24, 2.45) is 0 Å². The molecule has 350 valence electrons. The smallest absolute Gasteiger partial charge is 0.0716 e. The first-order chi connectivity index (χ1) is 37.2. The van der Waals surface area contributed by atoms with Crippen LogP contribution >= 0.6 is 0 Å². The van der Waals surface area contributed by atoms with Crippen molar-refractivity contribution >= 4 is 65.4 Å². The van der Waals surface area contributed by atoms with Gasteiger partial charge in [-0.05, 0) is 118 Å². The highest BCUT2D eigenvalue weighted by atomic mass is 15.0. The lowest BCUT2D eigenvalue weighted by atomic mass is 9.96. The molecule has 4 heterocycles. The molecule has 15 aromatic rings. The van der Waals surface area contributed by atoms with Gasteiger partial charge in [-0.25, -0.2) is 4.98 Å². The van der Waals surface area contributed by atoms with E-state index < -0.39 is 0 Å². The minimum Gasteiger partial charge on any atom is -0.309 e. The summed E-state index contributed by atoms with van der Waals surface area (Å²) in [5.74, 6) is 0. The maximum atomic E-state index is 5.58. The van der Waals surface area contributed by atoms with Crippen LogP contribution in [0.1, 0.15) is 0 Å². The van der Waals surface area contributed by atoms with E-state index in [0.717, 1.165) is 61.8 Å². The minimum absolute atomic E-state index is 0.903. The molecule has 0 bridgehead atoms. The number of para-hydroxylation sites is 6. The lowest BCUT2D eigenvalue weighted by Gasteiger charge is -2.16. The van der Waals surface area contributed by atoms with Crippen molar-refractivity contribution in [2.45, 2.75) is 0 Å². The Kier molecular flexibility index (Phi) is 9.85. The highest BCUT2D eigenvalue weighted by molar-refractivity contribution is 6.11. The van der Waals surface area contributed by atoms with E-state index in [9.17, 15) is 0 Å². The van der Waals surface area contributed by atoms with E-state index >= 15 is 0 Å². The van der Waals surface area contributed by atoms with Crippen molar-refractivity contribution in [3.05, 3.63) is 279 Å². The van der Waals surface area contributed by atoms with Gasteiger partial charge in [-0.3, -0.25) is 0 Å². The Labute approximate surface area is 433 Å². The second kappa shape index (κ2) is 17.3. The van der Waals surface area contributed by atoms with Gasteiger partial charge in [0.1, 0.15) is 0 Å². The van der Waals surface area contributed by atoms with Crippen LogP contribution in [-0.2, 0) is 0 Å². The lowest BCUT2D eigenvalue weighted by Crippen LogP contribution is -2.00. The molecule has 0 aliphatic rings. The third kappa shape index (κ3) is 7.10. The van der Waals surface area contributed by atoms with Crippen LogP contribution in [0.5, 0.6) is 0 Å². The Morgan fingerprint density at radius 3 is 0.947 bits per heavy atom. The molecule has 11 aromatic carbocycles. The van der Waals surface area contributed by atoms with E-state index in [0.29, 0.717) is 0 Å². The van der Waals surface area contributed by atoms with E-state index in [4.69, 9.17) is 4.98 Å². The highest BCUT2D eigenvalue weighted by Crippen LogP contribution is 2.40. The van der Waals surface area contributed by atoms with Gasteiger partial charge >= 0.3 is 0 Å². The van der Waals surface area contributed by atoms with Gasteiger partial charge < -0.3 is 13.7 Å². The number of hydrogen-bond donors (Lipinski definition) is 0. The molecular weight excluding hydrogens is 909 g/mol. The molecule has 4 aromatic heterocycles. The maximum Gasteiger partial charge on any atom is 0.0716 e. The van der Waals surface area contributed by atoms with E-state index in [-0.39, 0.29) is 0 Å². The van der Waals surface area contributed by atoms with E-state index in [1.807, 2.05) is 0 Å². The third-order valence-electron chi connectivity index (χ3n) is 15.2. The molecule has 0 unspecified atom stereocenters. The predicted octanol–water partition coefficient (Wildman–Crippen LogP) is 18.7. The molecule has 0 aliphatic carbocycles. The molecule has 0 saturated heterocycles. The van der Waals surface area contributed by atoms with Crippen LogP contribution in [0.3, 0.4) is 0 Å². The van der Waals surface area contributed by atoms with Crippen LogP contribution in [0.2, 0.25) is 0 Å². The Morgan fingerprint density at radius 1 is 0.187 bits per heavy atom. The van der Waals surface area contributed by atoms with Crippen LogP contribution in [-0.4, -0.2) is 18.7 Å². The summed E-state index contributed by atoms with van der Waals surface area (Å²) in [4.78, 5) is 5.58. The number of benzene rings is 11. The number of nitrogens with zero attached hydrogens (tertiary/aromatic N) is 4. The molecule has 0 radical (unpaired) electrons. The van der Waals surface area contributed by atoms with Crippen molar-refractivity contribution in [2.75, 3.05) is 0 Å². The van der Waals surface area contributed by atoms with Gasteiger partial charge in [0.05, 0.1) is 44.5 Å². The van der Waals surface area contributed by atoms with Gasteiger partial charge in [0.15, 0.2) is 0 Å². The molecule has 0 atom stereocenters. The number of fused-ring (bicyclic) bond motifs is 9. The fourth-order valence-electron chi connectivity index (χ4n) is 11.8. The summed E-state index contributed by atoms with van der Waals surface area (Å²) in [6.07, 6.45) is 0. The molecule has 0 amide bonds. The van der Waals surface area contributed by atoms with E-state index in [1.54, 1.807) is 0 Å². The van der Waals surface area contributed by atoms with Crippen molar-refractivity contribution in [3.8, 4) is 73.0 Å². The number of aromatic nitrogens is 4. The summed E-state index contributed by atoms with van der Waals surface area (Å²) in [5, 5.41) is 7.41. The Morgan fingerprint density at radius 2 is 0.493 bits per heavy atom. The highest BCUT2D eigenvalue weighted by Gasteiger charge is 2.19. The van der Waals surface area contributed by atoms with Crippen LogP contribution in [0, 0.1) is 0 Å². The average Bonchev–Trinajstić information content (AvgIpc) is 4.15. The predicted molar refractivity (Wildman–Crippen MR) is 314 cm³/mol. The maximum absolute atomic E-state index is 5.58. The number of pyridine rings is 1. The number of rotatable bonds is 8. The quantitative estimate of drug-likeness (QED) is 0.149. The second-order valence-electron chi connectivity index (χ2n) is 19.5. The van der Waals surface area contributed by atoms with Gasteiger partial charge in [0.25, 0.3) is 0 Å². The fourth-order valence-corrected chi connectivity index (χ4v) is 11.8. The monoisotopic (exact) mass is 954 g/mol. The van der Waals surface area contributed by atoms with Crippen LogP contribution in [0.15, 0.2) is 279 Å². The van der Waals surface area contributed by atoms with E-state index in [2.05, 4.69) is 293 Å². The lowest BCUT2D eigenvalue weighted by molar-refractivity contribution is 1.13. The summed E-state index contributed by atoms with van der Waals surface area (Å²) >= 11 is 0. The molecule has 0 saturated carbocycles. The largest absolute Gasteiger partial charge is 0.309 e. The molecule has 15 rings (SSSR count). The zero-order chi connectivity index (χ0) is 49.4. The summed E-state index contributed by atoms with van der Waals surface area (Å²) in [6.45, 7) is 0. The zero-order valence-corrected chi connectivity index (χ0v) is 40.8. The first-order valence-corrected chi connectivity index (χ1v) is 25.7. The fraction of sp³-hybridized carbons (Fsp3) is 0. The van der Waals surface area contributed by atoms with Gasteiger partial charge in [0.2, 0.25) is 0 Å². The summed E-state index contributed by atoms with van der Waals surface area (Å²) in [6, 6.07) is 101. The van der Waals surface area contributed by atoms with Gasteiger partial charge in [-0.1, -0.05) is 194 Å². The molecular formula is C71H46N4. The molecule has 75 heavy (non-hydrogen) atoms. The summed E-state index contributed by atoms with van der Waals surface area (Å²) < 4.78 is 7.25. The van der Waals surface area contributed by atoms with Crippen molar-refractivity contribution < 1.29 is 0 Å². The molecule has 0 spiro atoms. The van der Waals surface area contributed by atoms with Crippen LogP contribution < -0.4 is 0 Å². The van der Waals surface area contributed by atoms with Gasteiger partial charge in [-0.15, -0.1) is 0 Å². The topological polar surface area (TPSA) is 27.7 Å². The first kappa shape index (κ1) is 42.6. The Hall–Kier alpha value is -10.0. The Bertz CT molecular complexity index is 4410. The van der Waals surface area contributed by atoms with Crippen LogP contribution in [0.4, 0.5) is 0 Å². The molecule has 0 aliphatic heterocycles. The van der Waals surface area contributed by atoms with Gasteiger partial charge in [-0.2, -0.15) is 0 Å². The summed E-state index contributed by atoms with van der Waals surface area (Å²) in [7, 11) is 0. The van der Waals surface area contributed by atoms with Crippen molar-refractivity contribution in [3.63, 3.8) is 0 Å². The van der Waals surface area contributed by atoms with Crippen molar-refractivity contribution in [1.29, 1.82) is 0 Å². The zero-order valence-electron chi connectivity index (χ0n) is 40.8. The number of hydrogen-bond acceptors (Lipinski definition) is 1. The van der Waals surface area contributed by atoms with Crippen LogP contribution in [0.25, 0.3) is 138 Å². The van der Waals surface area contributed by atoms with E-state index in [1.165, 1.54) is 76.5 Å². The van der Waals surface area contributed by atoms with Crippen molar-refractivity contribution in [1.82, 2.24) is 18.7 Å². The molecule has 0 N–H and O–H groups in total. The average molecular weight is 955 g/mol. The standard InChI is InChI=1S/C71H46N4/c1-2-18-47(19-3-1)48-36-38-49(39-37-48)54-44-64(72-65(45-54)52-22-17-23-55(41-52)73-66-30-10-4-24-58(66)59-25-5-11-31-67(59)73)51-21-16-20-50(40-51)53-42-56(74-68-32-12-6-26-60(68)61-27-7-13-33-69(61)74)46-57(43-53)75-70-34-14-8-28-62(70)63-29-9-15-35-71(63)75/h1-46H. The minimum atomic E-state index is 0.903. The normalized spacial score (nSPS) is 11.7. The first-order valence-electron chi connectivity index (χ1n) is 25.7. The second-order valence-corrected chi connectivity index (χ2v) is 19.5. The van der Waals surface area contributed by atoms with Gasteiger partial charge in [0, 0.05) is 60.5 Å². The summed E-state index contributed by atoms with van der Waals surface area (Å²) in [5.41, 5.74) is 21.0. The Balaban J connectivity index is 0.923.